The van der Waals surface area contributed by atoms with Gasteiger partial charge in [0.1, 0.15) is 5.82 Å². The van der Waals surface area contributed by atoms with E-state index in [0.717, 1.165) is 24.7 Å². The smallest absolute Gasteiger partial charge is 0.299 e. The van der Waals surface area contributed by atoms with E-state index in [1.54, 1.807) is 10.6 Å². The van der Waals surface area contributed by atoms with E-state index >= 15 is 0 Å². The highest BCUT2D eigenvalue weighted by Gasteiger charge is 2.34. The number of aromatic amines is 1. The first-order chi connectivity index (χ1) is 9.47. The predicted molar refractivity (Wildman–Crippen MR) is 69.9 cm³/mol. The van der Waals surface area contributed by atoms with Crippen LogP contribution in [0.1, 0.15) is 35.7 Å². The normalized spacial score (nSPS) is 15.6. The summed E-state index contributed by atoms with van der Waals surface area (Å²) >= 11 is 5.12. The molecule has 1 heterocycles. The van der Waals surface area contributed by atoms with Crippen LogP contribution in [0.3, 0.4) is 0 Å². The second-order valence-electron chi connectivity index (χ2n) is 4.90. The van der Waals surface area contributed by atoms with Gasteiger partial charge in [-0.3, -0.25) is 9.67 Å². The summed E-state index contributed by atoms with van der Waals surface area (Å²) in [6, 6.07) is 5.57. The van der Waals surface area contributed by atoms with E-state index < -0.39 is 11.7 Å². The molecule has 0 amide bonds. The predicted octanol–water partition coefficient (Wildman–Crippen LogP) is 3.89. The van der Waals surface area contributed by atoms with Crippen LogP contribution >= 0.6 is 12.2 Å². The molecule has 2 aromatic rings. The first kappa shape index (κ1) is 13.4. The van der Waals surface area contributed by atoms with Crippen molar-refractivity contribution in [1.82, 2.24) is 14.8 Å². The van der Waals surface area contributed by atoms with E-state index in [1.165, 1.54) is 12.1 Å². The Morgan fingerprint density at radius 1 is 1.30 bits per heavy atom. The summed E-state index contributed by atoms with van der Waals surface area (Å²) in [4.78, 5) is 0. The van der Waals surface area contributed by atoms with Crippen LogP contribution in [0.15, 0.2) is 24.3 Å². The number of nitrogens with one attached hydrogen (secondary N) is 1. The van der Waals surface area contributed by atoms with Crippen LogP contribution in [0.2, 0.25) is 0 Å². The average Bonchev–Trinajstić information content (AvgIpc) is 3.16. The lowest BCUT2D eigenvalue weighted by molar-refractivity contribution is -0.138. The molecule has 0 saturated heterocycles. The van der Waals surface area contributed by atoms with E-state index in [1.807, 2.05) is 0 Å². The van der Waals surface area contributed by atoms with Gasteiger partial charge in [-0.1, -0.05) is 18.2 Å². The highest BCUT2D eigenvalue weighted by atomic mass is 32.1. The standard InChI is InChI=1S/C13H12F3N3S/c14-13(15,16)10-4-2-1-3-9(10)7-19-11(8-5-6-8)17-18-12(19)20/h1-4,8H,5-7H2,(H,18,20). The van der Waals surface area contributed by atoms with Gasteiger partial charge in [-0.15, -0.1) is 0 Å². The first-order valence-electron chi connectivity index (χ1n) is 6.27. The van der Waals surface area contributed by atoms with E-state index in [-0.39, 0.29) is 12.1 Å². The number of benzene rings is 1. The fourth-order valence-corrected chi connectivity index (χ4v) is 2.44. The number of hydrogen-bond donors (Lipinski definition) is 1. The Labute approximate surface area is 118 Å². The van der Waals surface area contributed by atoms with Gasteiger partial charge in [0.05, 0.1) is 12.1 Å². The van der Waals surface area contributed by atoms with Crippen LogP contribution in [0, 0.1) is 4.77 Å². The van der Waals surface area contributed by atoms with Crippen molar-refractivity contribution in [3.8, 4) is 0 Å². The maximum Gasteiger partial charge on any atom is 0.416 e. The highest BCUT2D eigenvalue weighted by Crippen LogP contribution is 2.39. The van der Waals surface area contributed by atoms with Gasteiger partial charge in [0.2, 0.25) is 0 Å². The molecule has 7 heteroatoms. The number of aromatic nitrogens is 3. The van der Waals surface area contributed by atoms with Crippen molar-refractivity contribution in [3.63, 3.8) is 0 Å². The Morgan fingerprint density at radius 2 is 2.00 bits per heavy atom. The molecule has 3 rings (SSSR count). The number of H-pyrrole nitrogens is 1. The van der Waals surface area contributed by atoms with Gasteiger partial charge in [0, 0.05) is 5.92 Å². The molecule has 0 bridgehead atoms. The lowest BCUT2D eigenvalue weighted by Crippen LogP contribution is -2.13. The zero-order chi connectivity index (χ0) is 14.3. The molecular weight excluding hydrogens is 287 g/mol. The molecule has 1 fully saturated rings. The molecule has 1 aromatic carbocycles. The summed E-state index contributed by atoms with van der Waals surface area (Å²) in [6.45, 7) is 0.0941. The molecule has 1 saturated carbocycles. The summed E-state index contributed by atoms with van der Waals surface area (Å²) in [5, 5.41) is 6.80. The van der Waals surface area contributed by atoms with Crippen molar-refractivity contribution in [1.29, 1.82) is 0 Å². The fraction of sp³-hybridized carbons (Fsp3) is 0.385. The van der Waals surface area contributed by atoms with Crippen LogP contribution in [0.25, 0.3) is 0 Å². The van der Waals surface area contributed by atoms with Crippen LogP contribution in [-0.4, -0.2) is 14.8 Å². The minimum Gasteiger partial charge on any atom is -0.299 e. The van der Waals surface area contributed by atoms with Crippen molar-refractivity contribution in [2.24, 2.45) is 0 Å². The molecule has 106 valence electrons. The van der Waals surface area contributed by atoms with Gasteiger partial charge >= 0.3 is 6.18 Å². The number of rotatable bonds is 3. The van der Waals surface area contributed by atoms with E-state index in [0.29, 0.717) is 10.7 Å². The Kier molecular flexibility index (Phi) is 3.16. The molecule has 0 radical (unpaired) electrons. The van der Waals surface area contributed by atoms with Crippen LogP contribution in [-0.2, 0) is 12.7 Å². The second-order valence-corrected chi connectivity index (χ2v) is 5.29. The van der Waals surface area contributed by atoms with Gasteiger partial charge in [-0.2, -0.15) is 18.3 Å². The largest absolute Gasteiger partial charge is 0.416 e. The maximum absolute atomic E-state index is 13.0. The Balaban J connectivity index is 2.00. The molecule has 1 N–H and O–H groups in total. The van der Waals surface area contributed by atoms with Crippen LogP contribution < -0.4 is 0 Å². The van der Waals surface area contributed by atoms with Gasteiger partial charge in [-0.05, 0) is 36.7 Å². The van der Waals surface area contributed by atoms with Gasteiger partial charge in [-0.25, -0.2) is 0 Å². The van der Waals surface area contributed by atoms with E-state index in [2.05, 4.69) is 10.2 Å². The molecule has 0 atom stereocenters. The van der Waals surface area contributed by atoms with Crippen molar-refractivity contribution in [2.45, 2.75) is 31.5 Å². The van der Waals surface area contributed by atoms with Gasteiger partial charge in [0.15, 0.2) is 4.77 Å². The minimum atomic E-state index is -4.36. The lowest BCUT2D eigenvalue weighted by Gasteiger charge is -2.13. The Hall–Kier alpha value is -1.63. The monoisotopic (exact) mass is 299 g/mol. The molecule has 0 aliphatic heterocycles. The van der Waals surface area contributed by atoms with E-state index in [4.69, 9.17) is 12.2 Å². The van der Waals surface area contributed by atoms with E-state index in [9.17, 15) is 13.2 Å². The van der Waals surface area contributed by atoms with Gasteiger partial charge < -0.3 is 0 Å². The van der Waals surface area contributed by atoms with Crippen molar-refractivity contribution in [2.75, 3.05) is 0 Å². The molecule has 3 nitrogen and oxygen atoms in total. The summed E-state index contributed by atoms with van der Waals surface area (Å²) in [5.41, 5.74) is -0.413. The first-order valence-corrected chi connectivity index (χ1v) is 6.68. The highest BCUT2D eigenvalue weighted by molar-refractivity contribution is 7.71. The Morgan fingerprint density at radius 3 is 2.65 bits per heavy atom. The van der Waals surface area contributed by atoms with Gasteiger partial charge in [0.25, 0.3) is 0 Å². The van der Waals surface area contributed by atoms with Crippen molar-refractivity contribution < 1.29 is 13.2 Å². The average molecular weight is 299 g/mol. The summed E-state index contributed by atoms with van der Waals surface area (Å²) in [5.74, 6) is 1.08. The fourth-order valence-electron chi connectivity index (χ4n) is 2.24. The van der Waals surface area contributed by atoms with Crippen molar-refractivity contribution in [3.05, 3.63) is 46.0 Å². The maximum atomic E-state index is 13.0. The molecule has 1 aliphatic rings. The minimum absolute atomic E-state index is 0.0941. The lowest BCUT2D eigenvalue weighted by atomic mass is 10.1. The molecule has 20 heavy (non-hydrogen) atoms. The number of nitrogens with zero attached hydrogens (tertiary/aromatic N) is 2. The second kappa shape index (κ2) is 4.73. The van der Waals surface area contributed by atoms with Crippen molar-refractivity contribution >= 4 is 12.2 Å². The number of alkyl halides is 3. The molecular formula is C13H12F3N3S. The molecule has 0 spiro atoms. The third-order valence-corrected chi connectivity index (χ3v) is 3.69. The van der Waals surface area contributed by atoms with Crippen LogP contribution in [0.4, 0.5) is 13.2 Å². The van der Waals surface area contributed by atoms with Crippen LogP contribution in [0.5, 0.6) is 0 Å². The third kappa shape index (κ3) is 2.49. The zero-order valence-electron chi connectivity index (χ0n) is 10.4. The summed E-state index contributed by atoms with van der Waals surface area (Å²) < 4.78 is 41.0. The third-order valence-electron chi connectivity index (χ3n) is 3.38. The summed E-state index contributed by atoms with van der Waals surface area (Å²) in [6.07, 6.45) is -2.33. The summed E-state index contributed by atoms with van der Waals surface area (Å²) in [7, 11) is 0. The number of hydrogen-bond acceptors (Lipinski definition) is 2. The number of halogens is 3. The topological polar surface area (TPSA) is 33.6 Å². The quantitative estimate of drug-likeness (QED) is 0.872. The molecule has 0 unspecified atom stereocenters. The Bertz CT molecular complexity index is 683. The zero-order valence-corrected chi connectivity index (χ0v) is 11.3. The SMILES string of the molecule is FC(F)(F)c1ccccc1Cn1c(C2CC2)n[nH]c1=S. The molecule has 1 aliphatic carbocycles. The molecule has 1 aromatic heterocycles.